The number of aryl methyl sites for hydroxylation is 1. The van der Waals surface area contributed by atoms with E-state index in [1.165, 1.54) is 25.8 Å². The van der Waals surface area contributed by atoms with Gasteiger partial charge in [0.15, 0.2) is 0 Å². The molecule has 1 amide bonds. The van der Waals surface area contributed by atoms with Crippen molar-refractivity contribution in [2.45, 2.75) is 44.7 Å². The summed E-state index contributed by atoms with van der Waals surface area (Å²) in [6.45, 7) is 4.22. The van der Waals surface area contributed by atoms with Gasteiger partial charge >= 0.3 is 0 Å². The predicted molar refractivity (Wildman–Crippen MR) is 91.6 cm³/mol. The van der Waals surface area contributed by atoms with Crippen LogP contribution in [0.15, 0.2) is 30.3 Å². The van der Waals surface area contributed by atoms with Gasteiger partial charge in [0.1, 0.15) is 0 Å². The number of rotatable bonds is 2. The van der Waals surface area contributed by atoms with Crippen LogP contribution in [0.4, 0.5) is 0 Å². The smallest absolute Gasteiger partial charge is 0.253 e. The average molecular weight is 309 g/mol. The fraction of sp³-hybridized carbons (Fsp3) is 0.474. The Labute approximate surface area is 136 Å². The van der Waals surface area contributed by atoms with Crippen LogP contribution in [0, 0.1) is 6.92 Å². The number of hydrogen-bond acceptors (Lipinski definition) is 3. The second-order valence-electron chi connectivity index (χ2n) is 6.78. The van der Waals surface area contributed by atoms with Crippen LogP contribution in [0.2, 0.25) is 0 Å². The van der Waals surface area contributed by atoms with E-state index in [0.717, 1.165) is 29.6 Å². The van der Waals surface area contributed by atoms with E-state index < -0.39 is 0 Å². The van der Waals surface area contributed by atoms with Crippen molar-refractivity contribution in [3.63, 3.8) is 0 Å². The third-order valence-corrected chi connectivity index (χ3v) is 5.33. The number of carbonyl (C=O) groups excluding carboxylic acids is 1. The molecule has 4 heteroatoms. The highest BCUT2D eigenvalue weighted by Crippen LogP contribution is 2.27. The van der Waals surface area contributed by atoms with Crippen molar-refractivity contribution >= 4 is 16.8 Å². The monoisotopic (exact) mass is 309 g/mol. The van der Waals surface area contributed by atoms with Gasteiger partial charge in [-0.1, -0.05) is 24.6 Å². The molecule has 4 rings (SSSR count). The van der Waals surface area contributed by atoms with Crippen LogP contribution in [-0.4, -0.2) is 41.0 Å². The first-order valence-electron chi connectivity index (χ1n) is 8.64. The van der Waals surface area contributed by atoms with Crippen molar-refractivity contribution in [3.8, 4) is 0 Å². The molecule has 0 radical (unpaired) electrons. The van der Waals surface area contributed by atoms with E-state index in [-0.39, 0.29) is 11.9 Å². The van der Waals surface area contributed by atoms with Crippen molar-refractivity contribution in [2.75, 3.05) is 13.1 Å². The molecule has 1 aromatic carbocycles. The van der Waals surface area contributed by atoms with Crippen LogP contribution >= 0.6 is 0 Å². The van der Waals surface area contributed by atoms with Gasteiger partial charge < -0.3 is 5.32 Å². The molecule has 2 aliphatic rings. The lowest BCUT2D eigenvalue weighted by Gasteiger charge is -2.32. The molecule has 0 saturated carbocycles. The molecule has 1 N–H and O–H groups in total. The highest BCUT2D eigenvalue weighted by atomic mass is 16.1. The van der Waals surface area contributed by atoms with E-state index in [4.69, 9.17) is 0 Å². The van der Waals surface area contributed by atoms with Gasteiger partial charge in [0.05, 0.1) is 16.8 Å². The Balaban J connectivity index is 1.56. The molecule has 4 nitrogen and oxygen atoms in total. The molecule has 23 heavy (non-hydrogen) atoms. The van der Waals surface area contributed by atoms with Gasteiger partial charge in [0, 0.05) is 24.0 Å². The minimum Gasteiger partial charge on any atom is -0.348 e. The van der Waals surface area contributed by atoms with Gasteiger partial charge in [0.2, 0.25) is 0 Å². The van der Waals surface area contributed by atoms with E-state index in [0.29, 0.717) is 11.6 Å². The number of pyridine rings is 1. The van der Waals surface area contributed by atoms with Crippen LogP contribution < -0.4 is 5.32 Å². The maximum absolute atomic E-state index is 12.8. The normalized spacial score (nSPS) is 24.6. The number of hydrogen-bond donors (Lipinski definition) is 1. The van der Waals surface area contributed by atoms with Crippen LogP contribution in [0.5, 0.6) is 0 Å². The van der Waals surface area contributed by atoms with Crippen LogP contribution in [0.1, 0.15) is 41.7 Å². The zero-order valence-corrected chi connectivity index (χ0v) is 13.6. The number of fused-ring (bicyclic) bond motifs is 2. The zero-order chi connectivity index (χ0) is 15.8. The third kappa shape index (κ3) is 2.72. The number of aromatic nitrogens is 1. The fourth-order valence-electron chi connectivity index (χ4n) is 4.10. The summed E-state index contributed by atoms with van der Waals surface area (Å²) in [4.78, 5) is 19.9. The number of amides is 1. The van der Waals surface area contributed by atoms with E-state index >= 15 is 0 Å². The molecule has 2 aromatic rings. The largest absolute Gasteiger partial charge is 0.348 e. The van der Waals surface area contributed by atoms with Gasteiger partial charge in [-0.05, 0) is 44.9 Å². The Hall–Kier alpha value is -1.94. The molecule has 0 spiro atoms. The molecule has 2 fully saturated rings. The Bertz CT molecular complexity index is 742. The predicted octanol–water partition coefficient (Wildman–Crippen LogP) is 2.90. The Morgan fingerprint density at radius 3 is 3.00 bits per heavy atom. The fourth-order valence-corrected chi connectivity index (χ4v) is 4.10. The summed E-state index contributed by atoms with van der Waals surface area (Å²) in [5, 5.41) is 4.30. The molecular weight excluding hydrogens is 286 g/mol. The summed E-state index contributed by atoms with van der Waals surface area (Å²) < 4.78 is 0. The standard InChI is InChI=1S/C19H23N3O/c1-13-15(12-14-6-2-3-7-16(14)20-13)19(23)21-17-9-11-22-10-5-4-8-18(17)22/h2-3,6-7,12,17-18H,4-5,8-11H2,1H3,(H,21,23). The molecular formula is C19H23N3O. The molecule has 2 saturated heterocycles. The summed E-state index contributed by atoms with van der Waals surface area (Å²) in [6, 6.07) is 10.7. The molecule has 1 aromatic heterocycles. The molecule has 120 valence electrons. The SMILES string of the molecule is Cc1nc2ccccc2cc1C(=O)NC1CCN2CCCCC12. The minimum atomic E-state index is 0.0261. The van der Waals surface area contributed by atoms with Crippen LogP contribution in [-0.2, 0) is 0 Å². The summed E-state index contributed by atoms with van der Waals surface area (Å²) in [5.41, 5.74) is 2.46. The first-order valence-corrected chi connectivity index (χ1v) is 8.64. The number of nitrogens with one attached hydrogen (secondary N) is 1. The second kappa shape index (κ2) is 5.93. The first kappa shape index (κ1) is 14.6. The first-order chi connectivity index (χ1) is 11.2. The van der Waals surface area contributed by atoms with E-state index in [2.05, 4.69) is 15.2 Å². The number of benzene rings is 1. The molecule has 2 aliphatic heterocycles. The number of carbonyl (C=O) groups is 1. The summed E-state index contributed by atoms with van der Waals surface area (Å²) in [5.74, 6) is 0.0261. The summed E-state index contributed by atoms with van der Waals surface area (Å²) in [7, 11) is 0. The molecule has 0 aliphatic carbocycles. The van der Waals surface area contributed by atoms with Crippen molar-refractivity contribution in [2.24, 2.45) is 0 Å². The Kier molecular flexibility index (Phi) is 3.77. The average Bonchev–Trinajstić information content (AvgIpc) is 2.97. The minimum absolute atomic E-state index is 0.0261. The highest BCUT2D eigenvalue weighted by molar-refractivity contribution is 5.98. The topological polar surface area (TPSA) is 45.2 Å². The van der Waals surface area contributed by atoms with Crippen LogP contribution in [0.25, 0.3) is 10.9 Å². The maximum Gasteiger partial charge on any atom is 0.253 e. The summed E-state index contributed by atoms with van der Waals surface area (Å²) in [6.07, 6.45) is 4.85. The maximum atomic E-state index is 12.8. The number of piperidine rings is 1. The lowest BCUT2D eigenvalue weighted by atomic mass is 9.98. The molecule has 2 atom stereocenters. The Morgan fingerprint density at radius 2 is 2.09 bits per heavy atom. The zero-order valence-electron chi connectivity index (χ0n) is 13.6. The number of para-hydroxylation sites is 1. The lowest BCUT2D eigenvalue weighted by molar-refractivity contribution is 0.0914. The third-order valence-electron chi connectivity index (χ3n) is 5.33. The summed E-state index contributed by atoms with van der Waals surface area (Å²) >= 11 is 0. The van der Waals surface area contributed by atoms with Crippen LogP contribution in [0.3, 0.4) is 0 Å². The highest BCUT2D eigenvalue weighted by Gasteiger charge is 2.36. The van der Waals surface area contributed by atoms with Gasteiger partial charge in [-0.25, -0.2) is 0 Å². The molecule has 0 bridgehead atoms. The quantitative estimate of drug-likeness (QED) is 0.928. The van der Waals surface area contributed by atoms with E-state index in [9.17, 15) is 4.79 Å². The molecule has 3 heterocycles. The Morgan fingerprint density at radius 1 is 1.22 bits per heavy atom. The second-order valence-corrected chi connectivity index (χ2v) is 6.78. The lowest BCUT2D eigenvalue weighted by Crippen LogP contribution is -2.46. The van der Waals surface area contributed by atoms with E-state index in [1.54, 1.807) is 0 Å². The van der Waals surface area contributed by atoms with Gasteiger partial charge in [-0.3, -0.25) is 14.7 Å². The van der Waals surface area contributed by atoms with Crippen molar-refractivity contribution in [1.82, 2.24) is 15.2 Å². The van der Waals surface area contributed by atoms with Crippen molar-refractivity contribution in [3.05, 3.63) is 41.6 Å². The van der Waals surface area contributed by atoms with Gasteiger partial charge in [-0.15, -0.1) is 0 Å². The van der Waals surface area contributed by atoms with Gasteiger partial charge in [-0.2, -0.15) is 0 Å². The van der Waals surface area contributed by atoms with Crippen molar-refractivity contribution in [1.29, 1.82) is 0 Å². The van der Waals surface area contributed by atoms with E-state index in [1.807, 2.05) is 37.3 Å². The number of nitrogens with zero attached hydrogens (tertiary/aromatic N) is 2. The molecule has 2 unspecified atom stereocenters. The van der Waals surface area contributed by atoms with Gasteiger partial charge in [0.25, 0.3) is 5.91 Å². The van der Waals surface area contributed by atoms with Crippen molar-refractivity contribution < 1.29 is 4.79 Å².